The summed E-state index contributed by atoms with van der Waals surface area (Å²) in [7, 11) is -4.07. The third-order valence-corrected chi connectivity index (χ3v) is 8.00. The molecule has 0 aliphatic heterocycles. The molecule has 0 fully saturated rings. The van der Waals surface area contributed by atoms with E-state index in [1.807, 2.05) is 44.3 Å². The molecule has 2 aromatic heterocycles. The number of aromatic amines is 1. The molecule has 192 valence electrons. The van der Waals surface area contributed by atoms with Gasteiger partial charge in [0, 0.05) is 28.7 Å². The van der Waals surface area contributed by atoms with Crippen LogP contribution < -0.4 is 10.0 Å². The SMILES string of the molecule is CC[C@H](C)[C@H](NS(=O)(=O)c1cccc2cccnc12)C(=O)N[C@H](C=CC=O)Cc1c[nH]c2ccccc12. The van der Waals surface area contributed by atoms with E-state index in [2.05, 4.69) is 20.0 Å². The molecule has 4 rings (SSSR count). The van der Waals surface area contributed by atoms with Crippen molar-refractivity contribution in [2.24, 2.45) is 5.92 Å². The molecule has 0 saturated heterocycles. The number of pyridine rings is 1. The van der Waals surface area contributed by atoms with Crippen LogP contribution in [0.1, 0.15) is 25.8 Å². The van der Waals surface area contributed by atoms with Gasteiger partial charge in [0.25, 0.3) is 0 Å². The molecule has 2 aromatic carbocycles. The Balaban J connectivity index is 1.60. The number of hydrogen-bond acceptors (Lipinski definition) is 5. The topological polar surface area (TPSA) is 121 Å². The van der Waals surface area contributed by atoms with E-state index < -0.39 is 28.0 Å². The molecule has 8 nitrogen and oxygen atoms in total. The Morgan fingerprint density at radius 1 is 1.11 bits per heavy atom. The first-order chi connectivity index (χ1) is 17.8. The van der Waals surface area contributed by atoms with Crippen molar-refractivity contribution < 1.29 is 18.0 Å². The number of sulfonamides is 1. The van der Waals surface area contributed by atoms with Crippen molar-refractivity contribution >= 4 is 44.0 Å². The molecule has 0 saturated carbocycles. The Morgan fingerprint density at radius 3 is 2.68 bits per heavy atom. The van der Waals surface area contributed by atoms with Crippen LogP contribution in [0.3, 0.4) is 0 Å². The Bertz CT molecular complexity index is 1540. The number of benzene rings is 2. The normalized spacial score (nSPS) is 14.5. The number of aromatic nitrogens is 2. The Kier molecular flexibility index (Phi) is 8.15. The Labute approximate surface area is 216 Å². The Morgan fingerprint density at radius 2 is 1.89 bits per heavy atom. The quantitative estimate of drug-likeness (QED) is 0.205. The maximum Gasteiger partial charge on any atom is 0.243 e. The number of fused-ring (bicyclic) bond motifs is 2. The number of hydrogen-bond donors (Lipinski definition) is 3. The highest BCUT2D eigenvalue weighted by molar-refractivity contribution is 7.89. The Hall–Kier alpha value is -3.82. The van der Waals surface area contributed by atoms with Crippen LogP contribution in [0.4, 0.5) is 0 Å². The predicted octanol–water partition coefficient (Wildman–Crippen LogP) is 3.89. The average Bonchev–Trinajstić information content (AvgIpc) is 3.32. The van der Waals surface area contributed by atoms with E-state index >= 15 is 0 Å². The molecule has 0 unspecified atom stereocenters. The van der Waals surface area contributed by atoms with Crippen LogP contribution in [-0.2, 0) is 26.0 Å². The molecule has 0 radical (unpaired) electrons. The summed E-state index contributed by atoms with van der Waals surface area (Å²) in [6, 6.07) is 14.7. The summed E-state index contributed by atoms with van der Waals surface area (Å²) >= 11 is 0. The first-order valence-corrected chi connectivity index (χ1v) is 13.7. The zero-order chi connectivity index (χ0) is 26.4. The molecule has 37 heavy (non-hydrogen) atoms. The van der Waals surface area contributed by atoms with Crippen molar-refractivity contribution in [2.45, 2.75) is 43.7 Å². The lowest BCUT2D eigenvalue weighted by atomic mass is 9.98. The summed E-state index contributed by atoms with van der Waals surface area (Å²) in [6.45, 7) is 3.72. The van der Waals surface area contributed by atoms with Gasteiger partial charge in [0.15, 0.2) is 0 Å². The summed E-state index contributed by atoms with van der Waals surface area (Å²) in [4.78, 5) is 32.0. The molecule has 1 amide bonds. The minimum absolute atomic E-state index is 0.0166. The second kappa shape index (κ2) is 11.5. The van der Waals surface area contributed by atoms with Gasteiger partial charge in [-0.25, -0.2) is 8.42 Å². The molecule has 3 N–H and O–H groups in total. The van der Waals surface area contributed by atoms with Crippen molar-refractivity contribution in [3.63, 3.8) is 0 Å². The van der Waals surface area contributed by atoms with Crippen LogP contribution in [0.5, 0.6) is 0 Å². The van der Waals surface area contributed by atoms with E-state index in [0.717, 1.165) is 16.5 Å². The standard InChI is InChI=1S/C28H30N4O4S/c1-3-19(2)26(32-37(35,36)25-14-6-9-20-10-7-15-29-27(20)25)28(34)31-22(11-8-16-33)17-21-18-30-24-13-5-4-12-23(21)24/h4-16,18-19,22,26,30,32H,3,17H2,1-2H3,(H,31,34)/t19-,22+,26-/m0/s1. The fraction of sp³-hybridized carbons (Fsp3) is 0.250. The highest BCUT2D eigenvalue weighted by Crippen LogP contribution is 2.23. The van der Waals surface area contributed by atoms with Gasteiger partial charge in [-0.1, -0.05) is 62.7 Å². The van der Waals surface area contributed by atoms with Gasteiger partial charge in [0.05, 0.1) is 11.6 Å². The maximum absolute atomic E-state index is 13.5. The van der Waals surface area contributed by atoms with Crippen LogP contribution in [0.15, 0.2) is 84.0 Å². The smallest absolute Gasteiger partial charge is 0.243 e. The molecule has 0 spiro atoms. The summed E-state index contributed by atoms with van der Waals surface area (Å²) < 4.78 is 29.5. The molecule has 0 aliphatic carbocycles. The second-order valence-electron chi connectivity index (χ2n) is 9.02. The number of amides is 1. The van der Waals surface area contributed by atoms with Crippen LogP contribution in [-0.4, -0.2) is 42.7 Å². The van der Waals surface area contributed by atoms with E-state index in [-0.39, 0.29) is 10.8 Å². The van der Waals surface area contributed by atoms with Crippen LogP contribution in [0.2, 0.25) is 0 Å². The number of para-hydroxylation sites is 2. The lowest BCUT2D eigenvalue weighted by molar-refractivity contribution is -0.124. The molecule has 3 atom stereocenters. The summed E-state index contributed by atoms with van der Waals surface area (Å²) in [5.41, 5.74) is 2.28. The fourth-order valence-electron chi connectivity index (χ4n) is 4.34. The largest absolute Gasteiger partial charge is 0.361 e. The lowest BCUT2D eigenvalue weighted by Gasteiger charge is -2.26. The third kappa shape index (κ3) is 5.95. The number of H-pyrrole nitrogens is 1. The monoisotopic (exact) mass is 518 g/mol. The van der Waals surface area contributed by atoms with Crippen molar-refractivity contribution in [2.75, 3.05) is 0 Å². The van der Waals surface area contributed by atoms with Gasteiger partial charge in [0.2, 0.25) is 15.9 Å². The van der Waals surface area contributed by atoms with Gasteiger partial charge < -0.3 is 10.3 Å². The maximum atomic E-state index is 13.5. The van der Waals surface area contributed by atoms with Crippen LogP contribution >= 0.6 is 0 Å². The van der Waals surface area contributed by atoms with E-state index in [1.54, 1.807) is 30.3 Å². The van der Waals surface area contributed by atoms with Gasteiger partial charge in [0.1, 0.15) is 17.2 Å². The molecule has 4 aromatic rings. The zero-order valence-corrected chi connectivity index (χ0v) is 21.5. The number of nitrogens with one attached hydrogen (secondary N) is 3. The van der Waals surface area contributed by atoms with E-state index in [1.165, 1.54) is 18.3 Å². The highest BCUT2D eigenvalue weighted by Gasteiger charge is 2.31. The van der Waals surface area contributed by atoms with Crippen LogP contribution in [0, 0.1) is 5.92 Å². The summed E-state index contributed by atoms with van der Waals surface area (Å²) in [5.74, 6) is -0.756. The predicted molar refractivity (Wildman–Crippen MR) is 144 cm³/mol. The van der Waals surface area contributed by atoms with Crippen molar-refractivity contribution in [3.05, 3.63) is 84.7 Å². The average molecular weight is 519 g/mol. The molecular weight excluding hydrogens is 488 g/mol. The number of allylic oxidation sites excluding steroid dienone is 1. The van der Waals surface area contributed by atoms with Gasteiger partial charge >= 0.3 is 0 Å². The number of carbonyl (C=O) groups is 2. The molecule has 9 heteroatoms. The second-order valence-corrected chi connectivity index (χ2v) is 10.7. The number of nitrogens with zero attached hydrogens (tertiary/aromatic N) is 1. The van der Waals surface area contributed by atoms with E-state index in [9.17, 15) is 18.0 Å². The molecule has 0 bridgehead atoms. The zero-order valence-electron chi connectivity index (χ0n) is 20.7. The number of aldehydes is 1. The van der Waals surface area contributed by atoms with Crippen molar-refractivity contribution in [1.29, 1.82) is 0 Å². The summed E-state index contributed by atoms with van der Waals surface area (Å²) in [5, 5.41) is 4.65. The fourth-order valence-corrected chi connectivity index (χ4v) is 5.83. The third-order valence-electron chi connectivity index (χ3n) is 6.53. The minimum Gasteiger partial charge on any atom is -0.361 e. The van der Waals surface area contributed by atoms with Gasteiger partial charge in [-0.3, -0.25) is 14.6 Å². The molecule has 2 heterocycles. The number of rotatable bonds is 11. The van der Waals surface area contributed by atoms with Crippen LogP contribution in [0.25, 0.3) is 21.8 Å². The first kappa shape index (κ1) is 26.2. The lowest BCUT2D eigenvalue weighted by Crippen LogP contribution is -2.52. The summed E-state index contributed by atoms with van der Waals surface area (Å²) in [6.07, 6.45) is 8.01. The van der Waals surface area contributed by atoms with E-state index in [0.29, 0.717) is 30.0 Å². The van der Waals surface area contributed by atoms with Gasteiger partial charge in [-0.2, -0.15) is 4.72 Å². The van der Waals surface area contributed by atoms with Gasteiger partial charge in [-0.05, 0) is 42.2 Å². The van der Waals surface area contributed by atoms with E-state index in [4.69, 9.17) is 0 Å². The molecule has 0 aliphatic rings. The molecular formula is C28H30N4O4S. The van der Waals surface area contributed by atoms with Crippen molar-refractivity contribution in [3.8, 4) is 0 Å². The first-order valence-electron chi connectivity index (χ1n) is 12.2. The van der Waals surface area contributed by atoms with Gasteiger partial charge in [-0.15, -0.1) is 0 Å². The highest BCUT2D eigenvalue weighted by atomic mass is 32.2. The van der Waals surface area contributed by atoms with Crippen molar-refractivity contribution in [1.82, 2.24) is 20.0 Å². The number of carbonyl (C=O) groups excluding carboxylic acids is 2. The minimum atomic E-state index is -4.07.